The Morgan fingerprint density at radius 3 is 2.71 bits per heavy atom. The van der Waals surface area contributed by atoms with Gasteiger partial charge >= 0.3 is 0 Å². The summed E-state index contributed by atoms with van der Waals surface area (Å²) in [6.07, 6.45) is 0. The van der Waals surface area contributed by atoms with Gasteiger partial charge in [0.15, 0.2) is 5.82 Å². The second-order valence-electron chi connectivity index (χ2n) is 5.56. The van der Waals surface area contributed by atoms with E-state index >= 15 is 0 Å². The van der Waals surface area contributed by atoms with Gasteiger partial charge in [-0.2, -0.15) is 4.98 Å². The first-order valence-electron chi connectivity index (χ1n) is 7.27. The molecule has 0 saturated carbocycles. The Morgan fingerprint density at radius 2 is 2.00 bits per heavy atom. The maximum absolute atomic E-state index is 5.44. The molecule has 0 amide bonds. The molecule has 8 heteroatoms. The van der Waals surface area contributed by atoms with Gasteiger partial charge in [0.1, 0.15) is 4.88 Å². The van der Waals surface area contributed by atoms with Crippen molar-refractivity contribution in [2.45, 2.75) is 32.7 Å². The summed E-state index contributed by atoms with van der Waals surface area (Å²) in [5.41, 5.74) is 0.921. The summed E-state index contributed by atoms with van der Waals surface area (Å²) in [5.74, 6) is 1.56. The van der Waals surface area contributed by atoms with Gasteiger partial charge < -0.3 is 9.84 Å². The Bertz CT molecular complexity index is 589. The molecular weight excluding hydrogens is 288 g/mol. The predicted molar refractivity (Wildman–Crippen MR) is 80.1 cm³/mol. The van der Waals surface area contributed by atoms with Crippen molar-refractivity contribution in [1.82, 2.24) is 29.9 Å². The van der Waals surface area contributed by atoms with Crippen molar-refractivity contribution in [3.8, 4) is 10.8 Å². The summed E-state index contributed by atoms with van der Waals surface area (Å²) in [4.78, 5) is 7.81. The zero-order valence-corrected chi connectivity index (χ0v) is 13.4. The fourth-order valence-electron chi connectivity index (χ4n) is 2.45. The standard InChI is InChI=1S/C13H20N6OS/c1-8(2)10-11(21-18-16-10)13-15-12(17-20-13)9(3)19-6-4-14-5-7-19/h8-9,14H,4-7H2,1-3H3. The molecule has 0 aliphatic carbocycles. The van der Waals surface area contributed by atoms with Gasteiger partial charge in [0.2, 0.25) is 0 Å². The van der Waals surface area contributed by atoms with Gasteiger partial charge in [-0.1, -0.05) is 23.5 Å². The highest BCUT2D eigenvalue weighted by molar-refractivity contribution is 7.09. The van der Waals surface area contributed by atoms with E-state index in [4.69, 9.17) is 4.52 Å². The topological polar surface area (TPSA) is 80.0 Å². The Morgan fingerprint density at radius 1 is 1.24 bits per heavy atom. The lowest BCUT2D eigenvalue weighted by Gasteiger charge is -2.30. The quantitative estimate of drug-likeness (QED) is 0.920. The maximum Gasteiger partial charge on any atom is 0.271 e. The van der Waals surface area contributed by atoms with Crippen LogP contribution in [-0.2, 0) is 0 Å². The number of hydrogen-bond acceptors (Lipinski definition) is 8. The van der Waals surface area contributed by atoms with Crippen LogP contribution < -0.4 is 5.32 Å². The van der Waals surface area contributed by atoms with E-state index in [1.807, 2.05) is 0 Å². The summed E-state index contributed by atoms with van der Waals surface area (Å²) < 4.78 is 9.45. The monoisotopic (exact) mass is 308 g/mol. The number of aromatic nitrogens is 4. The van der Waals surface area contributed by atoms with E-state index in [0.29, 0.717) is 11.8 Å². The largest absolute Gasteiger partial charge is 0.333 e. The van der Waals surface area contributed by atoms with Crippen molar-refractivity contribution in [3.05, 3.63) is 11.5 Å². The Kier molecular flexibility index (Phi) is 4.27. The normalized spacial score (nSPS) is 18.3. The van der Waals surface area contributed by atoms with Crippen LogP contribution in [0.2, 0.25) is 0 Å². The van der Waals surface area contributed by atoms with Crippen LogP contribution >= 0.6 is 11.5 Å². The van der Waals surface area contributed by atoms with E-state index in [-0.39, 0.29) is 6.04 Å². The first-order valence-corrected chi connectivity index (χ1v) is 8.05. The molecule has 1 aliphatic rings. The molecule has 1 fully saturated rings. The zero-order chi connectivity index (χ0) is 14.8. The fourth-order valence-corrected chi connectivity index (χ4v) is 3.19. The van der Waals surface area contributed by atoms with E-state index in [2.05, 4.69) is 50.7 Å². The van der Waals surface area contributed by atoms with Crippen LogP contribution in [0.25, 0.3) is 10.8 Å². The zero-order valence-electron chi connectivity index (χ0n) is 12.5. The van der Waals surface area contributed by atoms with Crippen molar-refractivity contribution in [3.63, 3.8) is 0 Å². The van der Waals surface area contributed by atoms with Crippen LogP contribution in [0.4, 0.5) is 0 Å². The third-order valence-corrected chi connectivity index (χ3v) is 4.50. The van der Waals surface area contributed by atoms with Crippen LogP contribution in [0.15, 0.2) is 4.52 Å². The maximum atomic E-state index is 5.44. The minimum absolute atomic E-state index is 0.160. The van der Waals surface area contributed by atoms with Crippen molar-refractivity contribution in [1.29, 1.82) is 0 Å². The Labute approximate surface area is 127 Å². The molecule has 21 heavy (non-hydrogen) atoms. The Balaban J connectivity index is 1.81. The minimum Gasteiger partial charge on any atom is -0.333 e. The summed E-state index contributed by atoms with van der Waals surface area (Å²) in [5, 5.41) is 11.7. The third kappa shape index (κ3) is 2.97. The molecule has 7 nitrogen and oxygen atoms in total. The number of nitrogens with one attached hydrogen (secondary N) is 1. The van der Waals surface area contributed by atoms with Crippen molar-refractivity contribution < 1.29 is 4.52 Å². The number of nitrogens with zero attached hydrogens (tertiary/aromatic N) is 5. The highest BCUT2D eigenvalue weighted by atomic mass is 32.1. The summed E-state index contributed by atoms with van der Waals surface area (Å²) >= 11 is 1.31. The lowest BCUT2D eigenvalue weighted by Crippen LogP contribution is -2.44. The van der Waals surface area contributed by atoms with Gasteiger partial charge in [0, 0.05) is 26.2 Å². The van der Waals surface area contributed by atoms with E-state index in [0.717, 1.165) is 42.6 Å². The lowest BCUT2D eigenvalue weighted by molar-refractivity contribution is 0.176. The van der Waals surface area contributed by atoms with Gasteiger partial charge in [-0.3, -0.25) is 4.90 Å². The minimum atomic E-state index is 0.160. The summed E-state index contributed by atoms with van der Waals surface area (Å²) in [6, 6.07) is 0.160. The third-order valence-electron chi connectivity index (χ3n) is 3.77. The van der Waals surface area contributed by atoms with Gasteiger partial charge in [-0.25, -0.2) is 0 Å². The molecule has 3 rings (SSSR count). The average molecular weight is 308 g/mol. The van der Waals surface area contributed by atoms with Crippen LogP contribution in [0.5, 0.6) is 0 Å². The molecule has 0 bridgehead atoms. The van der Waals surface area contributed by atoms with E-state index < -0.39 is 0 Å². The summed E-state index contributed by atoms with van der Waals surface area (Å²) in [6.45, 7) is 10.3. The van der Waals surface area contributed by atoms with E-state index in [9.17, 15) is 0 Å². The number of hydrogen-bond donors (Lipinski definition) is 1. The molecule has 1 atom stereocenters. The first kappa shape index (κ1) is 14.6. The number of piperazine rings is 1. The van der Waals surface area contributed by atoms with Gasteiger partial charge in [0.25, 0.3) is 5.89 Å². The molecule has 0 spiro atoms. The molecule has 2 aromatic rings. The van der Waals surface area contributed by atoms with Crippen molar-refractivity contribution in [2.75, 3.05) is 26.2 Å². The van der Waals surface area contributed by atoms with Gasteiger partial charge in [-0.05, 0) is 24.4 Å². The van der Waals surface area contributed by atoms with Crippen molar-refractivity contribution >= 4 is 11.5 Å². The molecule has 1 aliphatic heterocycles. The molecule has 2 aromatic heterocycles. The molecule has 3 heterocycles. The first-order chi connectivity index (χ1) is 10.2. The predicted octanol–water partition coefficient (Wildman–Crippen LogP) is 1.68. The SMILES string of the molecule is CC(C)c1nnsc1-c1nc(C(C)N2CCNCC2)no1. The second kappa shape index (κ2) is 6.17. The van der Waals surface area contributed by atoms with Crippen LogP contribution in [0.3, 0.4) is 0 Å². The molecule has 1 N–H and O–H groups in total. The average Bonchev–Trinajstić information content (AvgIpc) is 3.16. The lowest BCUT2D eigenvalue weighted by atomic mass is 10.1. The van der Waals surface area contributed by atoms with Crippen LogP contribution in [0.1, 0.15) is 44.2 Å². The van der Waals surface area contributed by atoms with Gasteiger partial charge in [0.05, 0.1) is 11.7 Å². The molecule has 1 unspecified atom stereocenters. The molecule has 1 saturated heterocycles. The van der Waals surface area contributed by atoms with Crippen LogP contribution in [0, 0.1) is 0 Å². The molecule has 0 aromatic carbocycles. The van der Waals surface area contributed by atoms with E-state index in [1.54, 1.807) is 0 Å². The Hall–Kier alpha value is -1.38. The number of rotatable bonds is 4. The van der Waals surface area contributed by atoms with E-state index in [1.165, 1.54) is 11.5 Å². The van der Waals surface area contributed by atoms with Crippen LogP contribution in [-0.4, -0.2) is 50.8 Å². The highest BCUT2D eigenvalue weighted by Crippen LogP contribution is 2.30. The smallest absolute Gasteiger partial charge is 0.271 e. The molecular formula is C13H20N6OS. The molecule has 114 valence electrons. The van der Waals surface area contributed by atoms with Gasteiger partial charge in [-0.15, -0.1) is 5.10 Å². The second-order valence-corrected chi connectivity index (χ2v) is 6.32. The summed E-state index contributed by atoms with van der Waals surface area (Å²) in [7, 11) is 0. The fraction of sp³-hybridized carbons (Fsp3) is 0.692. The van der Waals surface area contributed by atoms with Crippen molar-refractivity contribution in [2.24, 2.45) is 0 Å². The molecule has 0 radical (unpaired) electrons. The highest BCUT2D eigenvalue weighted by Gasteiger charge is 2.25.